The predicted molar refractivity (Wildman–Crippen MR) is 95.8 cm³/mol. The first kappa shape index (κ1) is 18.6. The summed E-state index contributed by atoms with van der Waals surface area (Å²) in [6, 6.07) is 11.7. The van der Waals surface area contributed by atoms with E-state index in [0.717, 1.165) is 16.7 Å². The highest BCUT2D eigenvalue weighted by Crippen LogP contribution is 2.10. The Morgan fingerprint density at radius 1 is 1.16 bits per heavy atom. The number of rotatable bonds is 8. The number of aryl methyl sites for hydroxylation is 1. The zero-order valence-electron chi connectivity index (χ0n) is 14.8. The first-order valence-corrected chi connectivity index (χ1v) is 8.46. The van der Waals surface area contributed by atoms with Crippen LogP contribution in [0.4, 0.5) is 0 Å². The molecule has 132 valence electrons. The van der Waals surface area contributed by atoms with E-state index in [9.17, 15) is 9.59 Å². The predicted octanol–water partition coefficient (Wildman–Crippen LogP) is 2.91. The van der Waals surface area contributed by atoms with Crippen molar-refractivity contribution in [3.8, 4) is 0 Å². The van der Waals surface area contributed by atoms with Gasteiger partial charge >= 0.3 is 5.97 Å². The van der Waals surface area contributed by atoms with Gasteiger partial charge in [-0.25, -0.2) is 0 Å². The van der Waals surface area contributed by atoms with Crippen molar-refractivity contribution in [1.82, 2.24) is 9.88 Å². The number of ether oxygens (including phenoxy) is 1. The van der Waals surface area contributed by atoms with Gasteiger partial charge in [0.25, 0.3) is 0 Å². The van der Waals surface area contributed by atoms with Gasteiger partial charge in [0.05, 0.1) is 19.4 Å². The highest BCUT2D eigenvalue weighted by atomic mass is 16.5. The van der Waals surface area contributed by atoms with Crippen LogP contribution in [-0.4, -0.2) is 34.9 Å². The van der Waals surface area contributed by atoms with E-state index in [4.69, 9.17) is 4.74 Å². The number of carbonyl (C=O) groups excluding carboxylic acids is 2. The van der Waals surface area contributed by atoms with Crippen LogP contribution in [0.25, 0.3) is 0 Å². The van der Waals surface area contributed by atoms with Crippen molar-refractivity contribution in [1.29, 1.82) is 0 Å². The molecular weight excluding hydrogens is 316 g/mol. The minimum Gasteiger partial charge on any atom is -0.466 e. The SMILES string of the molecule is CCOC(=O)CCN(Cc1cccnc1)C(=O)Cc1cccc(C)c1. The highest BCUT2D eigenvalue weighted by Gasteiger charge is 2.16. The number of pyridine rings is 1. The lowest BCUT2D eigenvalue weighted by molar-refractivity contribution is -0.144. The van der Waals surface area contributed by atoms with Gasteiger partial charge in [-0.1, -0.05) is 35.9 Å². The van der Waals surface area contributed by atoms with Gasteiger partial charge in [0.1, 0.15) is 0 Å². The molecular formula is C20H24N2O3. The Balaban J connectivity index is 2.06. The van der Waals surface area contributed by atoms with E-state index in [1.807, 2.05) is 43.3 Å². The van der Waals surface area contributed by atoms with Crippen LogP contribution in [0.15, 0.2) is 48.8 Å². The third-order valence-corrected chi connectivity index (χ3v) is 3.78. The summed E-state index contributed by atoms with van der Waals surface area (Å²) in [6.45, 7) is 4.88. The van der Waals surface area contributed by atoms with Gasteiger partial charge in [-0.05, 0) is 31.0 Å². The second kappa shape index (κ2) is 9.57. The Hall–Kier alpha value is -2.69. The van der Waals surface area contributed by atoms with Gasteiger partial charge in [-0.2, -0.15) is 0 Å². The summed E-state index contributed by atoms with van der Waals surface area (Å²) >= 11 is 0. The molecule has 0 spiro atoms. The van der Waals surface area contributed by atoms with E-state index >= 15 is 0 Å². The Morgan fingerprint density at radius 2 is 1.96 bits per heavy atom. The summed E-state index contributed by atoms with van der Waals surface area (Å²) in [7, 11) is 0. The Labute approximate surface area is 148 Å². The van der Waals surface area contributed by atoms with Crippen LogP contribution >= 0.6 is 0 Å². The van der Waals surface area contributed by atoms with Crippen LogP contribution in [0.3, 0.4) is 0 Å². The molecule has 1 amide bonds. The molecule has 0 saturated heterocycles. The topological polar surface area (TPSA) is 59.5 Å². The fourth-order valence-electron chi connectivity index (χ4n) is 2.57. The molecule has 0 radical (unpaired) electrons. The molecule has 0 atom stereocenters. The average molecular weight is 340 g/mol. The number of benzene rings is 1. The van der Waals surface area contributed by atoms with Crippen LogP contribution in [0.1, 0.15) is 30.0 Å². The number of hydrogen-bond acceptors (Lipinski definition) is 4. The first-order chi connectivity index (χ1) is 12.1. The van der Waals surface area contributed by atoms with Crippen LogP contribution in [0.2, 0.25) is 0 Å². The fourth-order valence-corrected chi connectivity index (χ4v) is 2.57. The van der Waals surface area contributed by atoms with E-state index in [-0.39, 0.29) is 18.3 Å². The van der Waals surface area contributed by atoms with E-state index < -0.39 is 0 Å². The third kappa shape index (κ3) is 6.37. The van der Waals surface area contributed by atoms with E-state index in [0.29, 0.717) is 26.1 Å². The molecule has 25 heavy (non-hydrogen) atoms. The second-order valence-electron chi connectivity index (χ2n) is 5.90. The zero-order valence-corrected chi connectivity index (χ0v) is 14.8. The molecule has 0 aliphatic carbocycles. The third-order valence-electron chi connectivity index (χ3n) is 3.78. The minimum atomic E-state index is -0.290. The molecule has 5 heteroatoms. The Morgan fingerprint density at radius 3 is 2.64 bits per heavy atom. The van der Waals surface area contributed by atoms with Gasteiger partial charge in [0.2, 0.25) is 5.91 Å². The molecule has 0 N–H and O–H groups in total. The number of nitrogens with zero attached hydrogens (tertiary/aromatic N) is 2. The van der Waals surface area contributed by atoms with Gasteiger partial charge in [0.15, 0.2) is 0 Å². The molecule has 0 bridgehead atoms. The van der Waals surface area contributed by atoms with Crippen molar-refractivity contribution in [2.45, 2.75) is 33.2 Å². The quantitative estimate of drug-likeness (QED) is 0.693. The van der Waals surface area contributed by atoms with E-state index in [1.54, 1.807) is 24.2 Å². The molecule has 2 rings (SSSR count). The van der Waals surface area contributed by atoms with Crippen molar-refractivity contribution in [3.05, 3.63) is 65.5 Å². The molecule has 5 nitrogen and oxygen atoms in total. The first-order valence-electron chi connectivity index (χ1n) is 8.46. The molecule has 0 aliphatic rings. The van der Waals surface area contributed by atoms with Crippen molar-refractivity contribution in [2.75, 3.05) is 13.2 Å². The normalized spacial score (nSPS) is 10.3. The summed E-state index contributed by atoms with van der Waals surface area (Å²) in [5.74, 6) is -0.305. The summed E-state index contributed by atoms with van der Waals surface area (Å²) in [5.41, 5.74) is 3.02. The van der Waals surface area contributed by atoms with Crippen LogP contribution in [-0.2, 0) is 27.3 Å². The maximum Gasteiger partial charge on any atom is 0.307 e. The summed E-state index contributed by atoms with van der Waals surface area (Å²) in [6.07, 6.45) is 3.93. The maximum atomic E-state index is 12.8. The van der Waals surface area contributed by atoms with Gasteiger partial charge in [-0.15, -0.1) is 0 Å². The summed E-state index contributed by atoms with van der Waals surface area (Å²) in [5, 5.41) is 0. The standard InChI is InChI=1S/C20H24N2O3/c1-3-25-20(24)9-11-22(15-18-8-5-10-21-14-18)19(23)13-17-7-4-6-16(2)12-17/h4-8,10,12,14H,3,9,11,13,15H2,1-2H3. The van der Waals surface area contributed by atoms with Crippen molar-refractivity contribution in [2.24, 2.45) is 0 Å². The number of aromatic nitrogens is 1. The molecule has 1 aromatic carbocycles. The zero-order chi connectivity index (χ0) is 18.1. The van der Waals surface area contributed by atoms with E-state index in [1.165, 1.54) is 0 Å². The van der Waals surface area contributed by atoms with Gasteiger partial charge in [0, 0.05) is 25.5 Å². The van der Waals surface area contributed by atoms with Crippen molar-refractivity contribution >= 4 is 11.9 Å². The largest absolute Gasteiger partial charge is 0.466 e. The lowest BCUT2D eigenvalue weighted by Crippen LogP contribution is -2.34. The second-order valence-corrected chi connectivity index (χ2v) is 5.90. The lowest BCUT2D eigenvalue weighted by Gasteiger charge is -2.22. The minimum absolute atomic E-state index is 0.0150. The number of esters is 1. The smallest absolute Gasteiger partial charge is 0.307 e. The summed E-state index contributed by atoms with van der Waals surface area (Å²) in [4.78, 5) is 30.2. The van der Waals surface area contributed by atoms with Gasteiger partial charge < -0.3 is 9.64 Å². The number of carbonyl (C=O) groups is 2. The van der Waals surface area contributed by atoms with E-state index in [2.05, 4.69) is 4.98 Å². The fraction of sp³-hybridized carbons (Fsp3) is 0.350. The summed E-state index contributed by atoms with van der Waals surface area (Å²) < 4.78 is 4.97. The average Bonchev–Trinajstić information content (AvgIpc) is 2.59. The molecule has 1 aromatic heterocycles. The lowest BCUT2D eigenvalue weighted by atomic mass is 10.1. The highest BCUT2D eigenvalue weighted by molar-refractivity contribution is 5.79. The molecule has 2 aromatic rings. The molecule has 0 saturated carbocycles. The molecule has 0 fully saturated rings. The molecule has 0 unspecified atom stereocenters. The van der Waals surface area contributed by atoms with Crippen molar-refractivity contribution in [3.63, 3.8) is 0 Å². The number of amides is 1. The Bertz CT molecular complexity index is 701. The number of hydrogen-bond donors (Lipinski definition) is 0. The van der Waals surface area contributed by atoms with Crippen LogP contribution in [0.5, 0.6) is 0 Å². The van der Waals surface area contributed by atoms with Crippen LogP contribution in [0, 0.1) is 6.92 Å². The molecule has 0 aliphatic heterocycles. The monoisotopic (exact) mass is 340 g/mol. The maximum absolute atomic E-state index is 12.8. The van der Waals surface area contributed by atoms with Gasteiger partial charge in [-0.3, -0.25) is 14.6 Å². The van der Waals surface area contributed by atoms with Crippen LogP contribution < -0.4 is 0 Å². The van der Waals surface area contributed by atoms with Crippen molar-refractivity contribution < 1.29 is 14.3 Å². The molecule has 1 heterocycles. The Kier molecular flexibility index (Phi) is 7.14.